The highest BCUT2D eigenvalue weighted by atomic mass is 16.5. The first-order valence-corrected chi connectivity index (χ1v) is 8.45. The van der Waals surface area contributed by atoms with Crippen molar-refractivity contribution in [3.8, 4) is 35.2 Å². The Balaban J connectivity index is 2.38. The molecule has 0 fully saturated rings. The molecule has 0 spiro atoms. The van der Waals surface area contributed by atoms with Crippen molar-refractivity contribution in [1.82, 2.24) is 18.7 Å². The SMILES string of the molecule is C#CCn1c(=O)c2c(nc(-c3ccc(OC)c(OC)c3)n2C)n(CC=C)c1=O. The van der Waals surface area contributed by atoms with E-state index >= 15 is 0 Å². The van der Waals surface area contributed by atoms with Crippen LogP contribution < -0.4 is 20.7 Å². The lowest BCUT2D eigenvalue weighted by Crippen LogP contribution is -2.40. The smallest absolute Gasteiger partial charge is 0.333 e. The largest absolute Gasteiger partial charge is 0.493 e. The number of nitrogens with zero attached hydrogens (tertiary/aromatic N) is 4. The topological polar surface area (TPSA) is 80.3 Å². The molecule has 0 amide bonds. The van der Waals surface area contributed by atoms with E-state index in [2.05, 4.69) is 17.5 Å². The molecule has 0 aliphatic carbocycles. The van der Waals surface area contributed by atoms with Crippen LogP contribution in [0.25, 0.3) is 22.6 Å². The summed E-state index contributed by atoms with van der Waals surface area (Å²) in [4.78, 5) is 30.2. The first kappa shape index (κ1) is 19.0. The molecule has 3 rings (SSSR count). The first-order chi connectivity index (χ1) is 13.5. The van der Waals surface area contributed by atoms with E-state index < -0.39 is 11.2 Å². The second kappa shape index (κ2) is 7.48. The predicted octanol–water partition coefficient (Wildman–Crippen LogP) is 1.40. The average molecular weight is 380 g/mol. The molecule has 0 radical (unpaired) electrons. The number of allylic oxidation sites excluding steroid dienone is 1. The van der Waals surface area contributed by atoms with Gasteiger partial charge < -0.3 is 14.0 Å². The van der Waals surface area contributed by atoms with Crippen LogP contribution in [0.4, 0.5) is 0 Å². The predicted molar refractivity (Wildman–Crippen MR) is 107 cm³/mol. The zero-order valence-electron chi connectivity index (χ0n) is 15.9. The van der Waals surface area contributed by atoms with Crippen molar-refractivity contribution in [3.05, 3.63) is 51.7 Å². The number of aryl methyl sites for hydroxylation is 1. The monoisotopic (exact) mass is 380 g/mol. The highest BCUT2D eigenvalue weighted by Crippen LogP contribution is 2.32. The third kappa shape index (κ3) is 2.87. The van der Waals surface area contributed by atoms with Gasteiger partial charge in [-0.3, -0.25) is 9.36 Å². The van der Waals surface area contributed by atoms with Crippen LogP contribution in [0.1, 0.15) is 0 Å². The quantitative estimate of drug-likeness (QED) is 0.477. The van der Waals surface area contributed by atoms with Crippen LogP contribution in [0.15, 0.2) is 40.4 Å². The van der Waals surface area contributed by atoms with Crippen LogP contribution in [0.5, 0.6) is 11.5 Å². The van der Waals surface area contributed by atoms with E-state index in [1.165, 1.54) is 11.7 Å². The zero-order valence-corrected chi connectivity index (χ0v) is 15.9. The normalized spacial score (nSPS) is 10.6. The van der Waals surface area contributed by atoms with Gasteiger partial charge >= 0.3 is 5.69 Å². The molecule has 8 heteroatoms. The Labute approximate surface area is 161 Å². The summed E-state index contributed by atoms with van der Waals surface area (Å²) in [5.41, 5.74) is 0.251. The third-order valence-electron chi connectivity index (χ3n) is 4.44. The molecule has 2 heterocycles. The Kier molecular flexibility index (Phi) is 5.09. The second-order valence-corrected chi connectivity index (χ2v) is 6.01. The molecule has 0 saturated heterocycles. The van der Waals surface area contributed by atoms with Crippen LogP contribution in [-0.4, -0.2) is 32.9 Å². The molecule has 8 nitrogen and oxygen atoms in total. The van der Waals surface area contributed by atoms with Crippen LogP contribution in [-0.2, 0) is 20.1 Å². The lowest BCUT2D eigenvalue weighted by Gasteiger charge is -2.09. The second-order valence-electron chi connectivity index (χ2n) is 6.01. The fraction of sp³-hybridized carbons (Fsp3) is 0.250. The van der Waals surface area contributed by atoms with Gasteiger partial charge in [-0.25, -0.2) is 14.3 Å². The molecular formula is C20H20N4O4. The minimum absolute atomic E-state index is 0.123. The third-order valence-corrected chi connectivity index (χ3v) is 4.44. The Morgan fingerprint density at radius 3 is 2.54 bits per heavy atom. The maximum Gasteiger partial charge on any atom is 0.333 e. The summed E-state index contributed by atoms with van der Waals surface area (Å²) in [6.07, 6.45) is 6.90. The van der Waals surface area contributed by atoms with Crippen molar-refractivity contribution in [2.75, 3.05) is 14.2 Å². The number of fused-ring (bicyclic) bond motifs is 1. The van der Waals surface area contributed by atoms with Crippen molar-refractivity contribution in [2.45, 2.75) is 13.1 Å². The van der Waals surface area contributed by atoms with Crippen molar-refractivity contribution in [1.29, 1.82) is 0 Å². The maximum absolute atomic E-state index is 12.9. The van der Waals surface area contributed by atoms with Crippen molar-refractivity contribution in [3.63, 3.8) is 0 Å². The van der Waals surface area contributed by atoms with Gasteiger partial charge in [0, 0.05) is 19.2 Å². The van der Waals surface area contributed by atoms with E-state index in [4.69, 9.17) is 15.9 Å². The molecule has 3 aromatic rings. The highest BCUT2D eigenvalue weighted by Gasteiger charge is 2.20. The number of benzene rings is 1. The summed E-state index contributed by atoms with van der Waals surface area (Å²) in [6, 6.07) is 5.31. The van der Waals surface area contributed by atoms with Gasteiger partial charge in [0.2, 0.25) is 0 Å². The molecule has 0 aliphatic heterocycles. The van der Waals surface area contributed by atoms with E-state index in [9.17, 15) is 9.59 Å². The Morgan fingerprint density at radius 2 is 1.93 bits per heavy atom. The number of methoxy groups -OCH3 is 2. The van der Waals surface area contributed by atoms with E-state index in [1.54, 1.807) is 43.0 Å². The molecule has 1 aromatic carbocycles. The molecule has 0 N–H and O–H groups in total. The fourth-order valence-electron chi connectivity index (χ4n) is 3.12. The van der Waals surface area contributed by atoms with Crippen LogP contribution >= 0.6 is 0 Å². The Bertz CT molecular complexity index is 1220. The lowest BCUT2D eigenvalue weighted by atomic mass is 10.2. The molecule has 2 aromatic heterocycles. The highest BCUT2D eigenvalue weighted by molar-refractivity contribution is 5.77. The minimum atomic E-state index is -0.521. The summed E-state index contributed by atoms with van der Waals surface area (Å²) in [6.45, 7) is 3.75. The van der Waals surface area contributed by atoms with Gasteiger partial charge in [0.05, 0.1) is 20.8 Å². The summed E-state index contributed by atoms with van der Waals surface area (Å²) in [5, 5.41) is 0. The number of ether oxygens (including phenoxy) is 2. The molecule has 0 bridgehead atoms. The number of imidazole rings is 1. The molecule has 0 saturated carbocycles. The van der Waals surface area contributed by atoms with Crippen LogP contribution in [0.2, 0.25) is 0 Å². The van der Waals surface area contributed by atoms with Gasteiger partial charge in [0.25, 0.3) is 5.56 Å². The van der Waals surface area contributed by atoms with Crippen LogP contribution in [0.3, 0.4) is 0 Å². The van der Waals surface area contributed by atoms with E-state index in [0.29, 0.717) is 22.9 Å². The van der Waals surface area contributed by atoms with Crippen molar-refractivity contribution < 1.29 is 9.47 Å². The fourth-order valence-corrected chi connectivity index (χ4v) is 3.12. The van der Waals surface area contributed by atoms with Crippen molar-refractivity contribution in [2.24, 2.45) is 7.05 Å². The summed E-state index contributed by atoms with van der Waals surface area (Å²) < 4.78 is 14.7. The molecule has 0 unspecified atom stereocenters. The van der Waals surface area contributed by atoms with Gasteiger partial charge in [0.1, 0.15) is 5.82 Å². The minimum Gasteiger partial charge on any atom is -0.493 e. The van der Waals surface area contributed by atoms with Crippen molar-refractivity contribution >= 4 is 11.2 Å². The molecule has 0 aliphatic rings. The average Bonchev–Trinajstić information content (AvgIpc) is 3.05. The number of hydrogen-bond acceptors (Lipinski definition) is 5. The summed E-state index contributed by atoms with van der Waals surface area (Å²) in [5.74, 6) is 3.95. The summed E-state index contributed by atoms with van der Waals surface area (Å²) >= 11 is 0. The van der Waals surface area contributed by atoms with E-state index in [-0.39, 0.29) is 24.3 Å². The Hall–Kier alpha value is -3.73. The number of aromatic nitrogens is 4. The van der Waals surface area contributed by atoms with Gasteiger partial charge in [-0.1, -0.05) is 12.0 Å². The van der Waals surface area contributed by atoms with Gasteiger partial charge in [0.15, 0.2) is 22.7 Å². The first-order valence-electron chi connectivity index (χ1n) is 8.45. The van der Waals surface area contributed by atoms with E-state index in [0.717, 1.165) is 4.57 Å². The molecule has 28 heavy (non-hydrogen) atoms. The number of terminal acetylenes is 1. The van der Waals surface area contributed by atoms with Crippen LogP contribution in [0, 0.1) is 12.3 Å². The molecule has 0 atom stereocenters. The molecular weight excluding hydrogens is 360 g/mol. The maximum atomic E-state index is 12.9. The van der Waals surface area contributed by atoms with E-state index in [1.807, 2.05) is 0 Å². The standard InChI is InChI=1S/C20H20N4O4/c1-6-10-23-18-16(19(25)24(11-7-2)20(23)26)22(3)17(21-18)13-8-9-14(27-4)15(12-13)28-5/h2,6,8-9,12H,1,10-11H2,3-5H3. The van der Waals surface area contributed by atoms with Gasteiger partial charge in [-0.05, 0) is 18.2 Å². The number of hydrogen-bond donors (Lipinski definition) is 0. The molecule has 144 valence electrons. The number of rotatable bonds is 6. The van der Waals surface area contributed by atoms with Gasteiger partial charge in [-0.15, -0.1) is 13.0 Å². The van der Waals surface area contributed by atoms with Gasteiger partial charge in [-0.2, -0.15) is 0 Å². The summed E-state index contributed by atoms with van der Waals surface area (Å²) in [7, 11) is 4.80. The lowest BCUT2D eigenvalue weighted by molar-refractivity contribution is 0.355. The zero-order chi connectivity index (χ0) is 20.4. The Morgan fingerprint density at radius 1 is 1.21 bits per heavy atom.